The van der Waals surface area contributed by atoms with Crippen LogP contribution in [0.25, 0.3) is 5.65 Å². The van der Waals surface area contributed by atoms with E-state index in [0.717, 1.165) is 49.8 Å². The van der Waals surface area contributed by atoms with E-state index < -0.39 is 6.61 Å². The molecular formula is C22H27F2N7O. The molecule has 1 saturated heterocycles. The molecule has 1 unspecified atom stereocenters. The van der Waals surface area contributed by atoms with Gasteiger partial charge in [0.25, 0.3) is 0 Å². The number of guanidine groups is 1. The van der Waals surface area contributed by atoms with Crippen molar-refractivity contribution in [2.45, 2.75) is 31.9 Å². The Labute approximate surface area is 185 Å². The summed E-state index contributed by atoms with van der Waals surface area (Å²) in [5.41, 5.74) is 1.53. The van der Waals surface area contributed by atoms with E-state index in [0.29, 0.717) is 12.2 Å². The second kappa shape index (κ2) is 10.3. The summed E-state index contributed by atoms with van der Waals surface area (Å²) in [7, 11) is 1.74. The summed E-state index contributed by atoms with van der Waals surface area (Å²) in [5, 5.41) is 15.2. The number of aryl methyl sites for hydroxylation is 1. The highest BCUT2D eigenvalue weighted by Gasteiger charge is 2.26. The summed E-state index contributed by atoms with van der Waals surface area (Å²) in [6.45, 7) is -0.677. The maximum Gasteiger partial charge on any atom is 0.387 e. The average molecular weight is 444 g/mol. The molecule has 1 aliphatic rings. The zero-order valence-corrected chi connectivity index (χ0v) is 17.9. The first-order valence-electron chi connectivity index (χ1n) is 10.7. The van der Waals surface area contributed by atoms with Crippen LogP contribution in [0.3, 0.4) is 0 Å². The highest BCUT2D eigenvalue weighted by molar-refractivity contribution is 5.80. The van der Waals surface area contributed by atoms with Crippen LogP contribution in [0.4, 0.5) is 14.5 Å². The number of ether oxygens (including phenoxy) is 1. The largest absolute Gasteiger partial charge is 0.433 e. The molecule has 10 heteroatoms. The number of aliphatic imine (C=N–C) groups is 1. The van der Waals surface area contributed by atoms with Crippen molar-refractivity contribution in [3.05, 3.63) is 54.5 Å². The van der Waals surface area contributed by atoms with E-state index in [1.807, 2.05) is 34.9 Å². The summed E-state index contributed by atoms with van der Waals surface area (Å²) in [6, 6.07) is 12.9. The van der Waals surface area contributed by atoms with E-state index in [1.165, 1.54) is 0 Å². The van der Waals surface area contributed by atoms with Gasteiger partial charge in [0.05, 0.1) is 5.69 Å². The summed E-state index contributed by atoms with van der Waals surface area (Å²) < 4.78 is 32.1. The van der Waals surface area contributed by atoms with Gasteiger partial charge in [-0.15, -0.1) is 10.2 Å². The van der Waals surface area contributed by atoms with Crippen LogP contribution in [-0.2, 0) is 6.42 Å². The number of nitrogens with one attached hydrogen (secondary N) is 2. The Morgan fingerprint density at radius 2 is 2.06 bits per heavy atom. The molecule has 8 nitrogen and oxygen atoms in total. The lowest BCUT2D eigenvalue weighted by Gasteiger charge is -2.22. The third-order valence-corrected chi connectivity index (χ3v) is 5.43. The highest BCUT2D eigenvalue weighted by Crippen LogP contribution is 2.31. The second-order valence-electron chi connectivity index (χ2n) is 7.57. The second-order valence-corrected chi connectivity index (χ2v) is 7.57. The fourth-order valence-electron chi connectivity index (χ4n) is 3.91. The smallest absolute Gasteiger partial charge is 0.387 e. The van der Waals surface area contributed by atoms with Gasteiger partial charge >= 0.3 is 6.61 Å². The summed E-state index contributed by atoms with van der Waals surface area (Å²) in [6.07, 6.45) is 4.52. The third kappa shape index (κ3) is 5.24. The minimum atomic E-state index is -2.84. The quantitative estimate of drug-likeness (QED) is 0.317. The van der Waals surface area contributed by atoms with Crippen molar-refractivity contribution in [3.8, 4) is 5.75 Å². The van der Waals surface area contributed by atoms with Crippen molar-refractivity contribution in [1.82, 2.24) is 25.2 Å². The number of halogens is 2. The Morgan fingerprint density at radius 1 is 1.22 bits per heavy atom. The normalized spacial score (nSPS) is 16.7. The molecule has 1 aliphatic heterocycles. The lowest BCUT2D eigenvalue weighted by atomic mass is 10.2. The molecule has 0 spiro atoms. The van der Waals surface area contributed by atoms with Crippen molar-refractivity contribution in [1.29, 1.82) is 0 Å². The lowest BCUT2D eigenvalue weighted by Crippen LogP contribution is -2.45. The molecular weight excluding hydrogens is 416 g/mol. The molecule has 1 aromatic carbocycles. The van der Waals surface area contributed by atoms with Crippen molar-refractivity contribution in [3.63, 3.8) is 0 Å². The van der Waals surface area contributed by atoms with Crippen LogP contribution in [0.5, 0.6) is 5.75 Å². The van der Waals surface area contributed by atoms with Gasteiger partial charge in [0.1, 0.15) is 11.6 Å². The summed E-state index contributed by atoms with van der Waals surface area (Å²) >= 11 is 0. The Bertz CT molecular complexity index is 1060. The summed E-state index contributed by atoms with van der Waals surface area (Å²) in [4.78, 5) is 6.36. The summed E-state index contributed by atoms with van der Waals surface area (Å²) in [5.74, 6) is 1.85. The van der Waals surface area contributed by atoms with Crippen LogP contribution in [-0.4, -0.2) is 59.9 Å². The van der Waals surface area contributed by atoms with E-state index in [9.17, 15) is 8.78 Å². The van der Waals surface area contributed by atoms with Crippen molar-refractivity contribution >= 4 is 17.3 Å². The fraction of sp³-hybridized carbons (Fsp3) is 0.409. The Morgan fingerprint density at radius 3 is 2.91 bits per heavy atom. The number of pyridine rings is 1. The van der Waals surface area contributed by atoms with E-state index >= 15 is 0 Å². The number of alkyl halides is 2. The number of fused-ring (bicyclic) bond motifs is 1. The molecule has 0 bridgehead atoms. The maximum absolute atomic E-state index is 12.7. The minimum Gasteiger partial charge on any atom is -0.433 e. The average Bonchev–Trinajstić information content (AvgIpc) is 3.43. The molecule has 170 valence electrons. The number of nitrogens with zero attached hydrogens (tertiary/aromatic N) is 5. The molecule has 32 heavy (non-hydrogen) atoms. The van der Waals surface area contributed by atoms with Gasteiger partial charge in [-0.25, -0.2) is 0 Å². The molecule has 2 aromatic heterocycles. The minimum absolute atomic E-state index is 0.154. The number of rotatable bonds is 8. The molecule has 3 aromatic rings. The molecule has 0 amide bonds. The van der Waals surface area contributed by atoms with Crippen LogP contribution in [0.15, 0.2) is 53.7 Å². The van der Waals surface area contributed by atoms with Crippen LogP contribution in [0, 0.1) is 0 Å². The zero-order valence-electron chi connectivity index (χ0n) is 17.9. The first kappa shape index (κ1) is 21.8. The third-order valence-electron chi connectivity index (χ3n) is 5.43. The molecule has 0 saturated carbocycles. The molecule has 0 aliphatic carbocycles. The van der Waals surface area contributed by atoms with Gasteiger partial charge in [-0.2, -0.15) is 8.78 Å². The molecule has 1 atom stereocenters. The van der Waals surface area contributed by atoms with Gasteiger partial charge in [-0.3, -0.25) is 9.39 Å². The molecule has 2 N–H and O–H groups in total. The number of para-hydroxylation sites is 2. The molecule has 0 radical (unpaired) electrons. The first-order chi connectivity index (χ1) is 15.6. The Kier molecular flexibility index (Phi) is 6.98. The van der Waals surface area contributed by atoms with Crippen LogP contribution < -0.4 is 20.3 Å². The molecule has 3 heterocycles. The van der Waals surface area contributed by atoms with Gasteiger partial charge in [-0.1, -0.05) is 18.2 Å². The van der Waals surface area contributed by atoms with Gasteiger partial charge in [0.15, 0.2) is 11.6 Å². The molecule has 4 rings (SSSR count). The first-order valence-corrected chi connectivity index (χ1v) is 10.7. The maximum atomic E-state index is 12.7. The fourth-order valence-corrected chi connectivity index (χ4v) is 3.91. The van der Waals surface area contributed by atoms with Gasteiger partial charge in [-0.05, 0) is 37.1 Å². The van der Waals surface area contributed by atoms with Gasteiger partial charge in [0, 0.05) is 45.3 Å². The van der Waals surface area contributed by atoms with E-state index in [4.69, 9.17) is 0 Å². The van der Waals surface area contributed by atoms with Gasteiger partial charge in [0.2, 0.25) is 0 Å². The number of hydrogen-bond donors (Lipinski definition) is 2. The SMILES string of the molecule is CN=C(NCCCc1nnc2ccccn12)NC1CCN(c2ccccc2OC(F)F)C1. The predicted molar refractivity (Wildman–Crippen MR) is 119 cm³/mol. The van der Waals surface area contributed by atoms with Gasteiger partial charge < -0.3 is 20.3 Å². The van der Waals surface area contributed by atoms with E-state index in [-0.39, 0.29) is 11.8 Å². The number of aromatic nitrogens is 3. The standard InChI is InChI=1S/C22H27F2N7O/c1-25-22(26-12-6-10-20-29-28-19-9-4-5-13-31(19)20)27-16-11-14-30(15-16)17-7-2-3-8-18(17)32-21(23)24/h2-5,7-9,13,16,21H,6,10-12,14-15H2,1H3,(H2,25,26,27). The van der Waals surface area contributed by atoms with Crippen molar-refractivity contribution in [2.75, 3.05) is 31.6 Å². The van der Waals surface area contributed by atoms with E-state index in [1.54, 1.807) is 25.2 Å². The highest BCUT2D eigenvalue weighted by atomic mass is 19.3. The van der Waals surface area contributed by atoms with E-state index in [2.05, 4.69) is 35.5 Å². The van der Waals surface area contributed by atoms with Crippen LogP contribution in [0.1, 0.15) is 18.7 Å². The zero-order chi connectivity index (χ0) is 22.3. The molecule has 1 fully saturated rings. The number of benzene rings is 1. The number of hydrogen-bond acceptors (Lipinski definition) is 5. The van der Waals surface area contributed by atoms with Crippen molar-refractivity contribution in [2.24, 2.45) is 4.99 Å². The predicted octanol–water partition coefficient (Wildman–Crippen LogP) is 2.71. The Balaban J connectivity index is 1.25. The number of anilines is 1. The van der Waals surface area contributed by atoms with Crippen molar-refractivity contribution < 1.29 is 13.5 Å². The van der Waals surface area contributed by atoms with Crippen LogP contribution in [0.2, 0.25) is 0 Å². The Hall–Kier alpha value is -3.43. The topological polar surface area (TPSA) is 79.1 Å². The van der Waals surface area contributed by atoms with Crippen LogP contribution >= 0.6 is 0 Å². The lowest BCUT2D eigenvalue weighted by molar-refractivity contribution is -0.0495. The monoisotopic (exact) mass is 443 g/mol.